The van der Waals surface area contributed by atoms with E-state index in [9.17, 15) is 4.79 Å². The van der Waals surface area contributed by atoms with Gasteiger partial charge in [0.15, 0.2) is 0 Å². The molecule has 3 N–H and O–H groups in total. The van der Waals surface area contributed by atoms with Crippen molar-refractivity contribution in [1.29, 1.82) is 0 Å². The zero-order chi connectivity index (χ0) is 10.9. The Morgan fingerprint density at radius 1 is 1.56 bits per heavy atom. The topological polar surface area (TPSA) is 79.0 Å². The lowest BCUT2D eigenvalue weighted by Gasteiger charge is -2.05. The third-order valence-corrected chi connectivity index (χ3v) is 1.72. The number of hydrogen-bond donors (Lipinski definition) is 3. The number of carbonyl (C=O) groups is 1. The van der Waals surface area contributed by atoms with E-state index >= 15 is 0 Å². The number of rotatable bonds is 6. The zero-order valence-electron chi connectivity index (χ0n) is 9.16. The molecule has 1 aromatic rings. The Hall–Kier alpha value is -1.27. The smallest absolute Gasteiger partial charge is 0.407 e. The predicted octanol–water partition coefficient (Wildman–Crippen LogP) is 0.667. The molecule has 0 unspecified atom stereocenters. The van der Waals surface area contributed by atoms with Crippen LogP contribution in [0.4, 0.5) is 4.79 Å². The Kier molecular flexibility index (Phi) is 8.28. The van der Waals surface area contributed by atoms with Gasteiger partial charge in [-0.15, -0.1) is 12.4 Å². The quantitative estimate of drug-likeness (QED) is 0.647. The molecule has 0 radical (unpaired) electrons. The van der Waals surface area contributed by atoms with Crippen LogP contribution in [0, 0.1) is 0 Å². The first kappa shape index (κ1) is 14.7. The molecule has 0 aliphatic rings. The average molecular weight is 249 g/mol. The number of halogens is 1. The number of hydrogen-bond acceptors (Lipinski definition) is 4. The fourth-order valence-corrected chi connectivity index (χ4v) is 1.04. The minimum atomic E-state index is -0.374. The molecule has 16 heavy (non-hydrogen) atoms. The number of nitrogens with one attached hydrogen (secondary N) is 3. The first-order valence-electron chi connectivity index (χ1n) is 4.92. The minimum Gasteiger partial charge on any atom is -0.450 e. The van der Waals surface area contributed by atoms with E-state index in [4.69, 9.17) is 4.74 Å². The number of amides is 1. The van der Waals surface area contributed by atoms with Crippen molar-refractivity contribution >= 4 is 18.5 Å². The van der Waals surface area contributed by atoms with Crippen molar-refractivity contribution in [2.45, 2.75) is 13.5 Å². The lowest BCUT2D eigenvalue weighted by Crippen LogP contribution is -2.32. The number of carbonyl (C=O) groups excluding carboxylic acids is 1. The van der Waals surface area contributed by atoms with E-state index in [2.05, 4.69) is 20.8 Å². The van der Waals surface area contributed by atoms with Crippen LogP contribution in [0.1, 0.15) is 12.6 Å². The first-order valence-corrected chi connectivity index (χ1v) is 4.92. The summed E-state index contributed by atoms with van der Waals surface area (Å²) in [6.45, 7) is 4.12. The van der Waals surface area contributed by atoms with Crippen LogP contribution in [0.5, 0.6) is 0 Å². The van der Waals surface area contributed by atoms with Gasteiger partial charge in [-0.3, -0.25) is 5.10 Å². The molecule has 1 amide bonds. The first-order chi connectivity index (χ1) is 7.33. The normalized spacial score (nSPS) is 9.31. The highest BCUT2D eigenvalue weighted by atomic mass is 35.5. The molecule has 0 aliphatic heterocycles. The maximum Gasteiger partial charge on any atom is 0.407 e. The summed E-state index contributed by atoms with van der Waals surface area (Å²) >= 11 is 0. The molecule has 0 saturated carbocycles. The summed E-state index contributed by atoms with van der Waals surface area (Å²) in [4.78, 5) is 10.9. The van der Waals surface area contributed by atoms with Crippen molar-refractivity contribution in [3.8, 4) is 0 Å². The molecule has 0 aliphatic carbocycles. The van der Waals surface area contributed by atoms with E-state index in [-0.39, 0.29) is 18.5 Å². The molecule has 1 heterocycles. The van der Waals surface area contributed by atoms with E-state index in [1.165, 1.54) is 0 Å². The molecule has 7 heteroatoms. The maximum atomic E-state index is 10.9. The van der Waals surface area contributed by atoms with Gasteiger partial charge in [0.2, 0.25) is 0 Å². The van der Waals surface area contributed by atoms with Gasteiger partial charge >= 0.3 is 6.09 Å². The van der Waals surface area contributed by atoms with E-state index in [1.807, 2.05) is 6.07 Å². The molecule has 1 aromatic heterocycles. The lowest BCUT2D eigenvalue weighted by atomic mass is 10.4. The van der Waals surface area contributed by atoms with Crippen LogP contribution in [-0.4, -0.2) is 36.0 Å². The fraction of sp³-hybridized carbons (Fsp3) is 0.556. The van der Waals surface area contributed by atoms with Crippen LogP contribution in [0.3, 0.4) is 0 Å². The second-order valence-corrected chi connectivity index (χ2v) is 2.91. The van der Waals surface area contributed by atoms with Gasteiger partial charge in [-0.25, -0.2) is 4.79 Å². The Labute approximate surface area is 101 Å². The molecule has 0 spiro atoms. The van der Waals surface area contributed by atoms with Crippen molar-refractivity contribution in [3.05, 3.63) is 18.0 Å². The third-order valence-electron chi connectivity index (χ3n) is 1.72. The van der Waals surface area contributed by atoms with E-state index in [0.29, 0.717) is 26.2 Å². The van der Waals surface area contributed by atoms with Gasteiger partial charge in [-0.2, -0.15) is 5.10 Å². The SMILES string of the molecule is CCOC(=O)NCCNCc1ccn[nH]1.Cl. The number of aromatic amines is 1. The van der Waals surface area contributed by atoms with Crippen molar-refractivity contribution in [3.63, 3.8) is 0 Å². The number of ether oxygens (including phenoxy) is 1. The molecule has 6 nitrogen and oxygen atoms in total. The molecular formula is C9H17ClN4O2. The van der Waals surface area contributed by atoms with Gasteiger partial charge in [0, 0.05) is 31.5 Å². The van der Waals surface area contributed by atoms with Crippen LogP contribution in [-0.2, 0) is 11.3 Å². The molecule has 0 saturated heterocycles. The molecule has 0 atom stereocenters. The molecule has 0 fully saturated rings. The Morgan fingerprint density at radius 3 is 3.00 bits per heavy atom. The number of alkyl carbamates (subject to hydrolysis) is 1. The van der Waals surface area contributed by atoms with Gasteiger partial charge in [-0.05, 0) is 13.0 Å². The minimum absolute atomic E-state index is 0. The van der Waals surface area contributed by atoms with Crippen LogP contribution in [0.15, 0.2) is 12.3 Å². The zero-order valence-corrected chi connectivity index (χ0v) is 9.97. The summed E-state index contributed by atoms with van der Waals surface area (Å²) in [5, 5.41) is 12.4. The summed E-state index contributed by atoms with van der Waals surface area (Å²) in [5.74, 6) is 0. The van der Waals surface area contributed by atoms with Crippen molar-refractivity contribution in [2.75, 3.05) is 19.7 Å². The lowest BCUT2D eigenvalue weighted by molar-refractivity contribution is 0.152. The Morgan fingerprint density at radius 2 is 2.38 bits per heavy atom. The largest absolute Gasteiger partial charge is 0.450 e. The van der Waals surface area contributed by atoms with Gasteiger partial charge in [-0.1, -0.05) is 0 Å². The molecule has 92 valence electrons. The van der Waals surface area contributed by atoms with E-state index in [1.54, 1.807) is 13.1 Å². The highest BCUT2D eigenvalue weighted by Crippen LogP contribution is 1.88. The number of nitrogens with zero attached hydrogens (tertiary/aromatic N) is 1. The monoisotopic (exact) mass is 248 g/mol. The molecule has 0 bridgehead atoms. The molecule has 0 aromatic carbocycles. The van der Waals surface area contributed by atoms with Crippen LogP contribution < -0.4 is 10.6 Å². The van der Waals surface area contributed by atoms with Crippen molar-refractivity contribution < 1.29 is 9.53 Å². The predicted molar refractivity (Wildman–Crippen MR) is 62.6 cm³/mol. The fourth-order valence-electron chi connectivity index (χ4n) is 1.04. The van der Waals surface area contributed by atoms with Crippen LogP contribution in [0.25, 0.3) is 0 Å². The highest BCUT2D eigenvalue weighted by molar-refractivity contribution is 5.85. The van der Waals surface area contributed by atoms with Crippen molar-refractivity contribution in [2.24, 2.45) is 0 Å². The molecule has 1 rings (SSSR count). The average Bonchev–Trinajstić information content (AvgIpc) is 2.70. The highest BCUT2D eigenvalue weighted by Gasteiger charge is 1.98. The van der Waals surface area contributed by atoms with E-state index < -0.39 is 0 Å². The Balaban J connectivity index is 0.00000225. The van der Waals surface area contributed by atoms with Gasteiger partial charge in [0.1, 0.15) is 0 Å². The summed E-state index contributed by atoms with van der Waals surface area (Å²) in [6, 6.07) is 1.89. The Bertz CT molecular complexity index is 279. The standard InChI is InChI=1S/C9H16N4O2.ClH/c1-2-15-9(14)11-6-5-10-7-8-3-4-12-13-8;/h3-4,10H,2,5-7H2,1H3,(H,11,14)(H,12,13);1H. The molecular weight excluding hydrogens is 232 g/mol. The second-order valence-electron chi connectivity index (χ2n) is 2.91. The summed E-state index contributed by atoms with van der Waals surface area (Å²) in [7, 11) is 0. The van der Waals surface area contributed by atoms with Gasteiger partial charge in [0.05, 0.1) is 6.61 Å². The van der Waals surface area contributed by atoms with Crippen LogP contribution >= 0.6 is 12.4 Å². The number of H-pyrrole nitrogens is 1. The maximum absolute atomic E-state index is 10.9. The number of aromatic nitrogens is 2. The summed E-state index contributed by atoms with van der Waals surface area (Å²) in [6.07, 6.45) is 1.33. The van der Waals surface area contributed by atoms with Gasteiger partial charge in [0.25, 0.3) is 0 Å². The summed E-state index contributed by atoms with van der Waals surface area (Å²) < 4.78 is 4.70. The van der Waals surface area contributed by atoms with Crippen molar-refractivity contribution in [1.82, 2.24) is 20.8 Å². The third kappa shape index (κ3) is 6.26. The van der Waals surface area contributed by atoms with E-state index in [0.717, 1.165) is 5.69 Å². The van der Waals surface area contributed by atoms with Crippen LogP contribution in [0.2, 0.25) is 0 Å². The van der Waals surface area contributed by atoms with Gasteiger partial charge < -0.3 is 15.4 Å². The second kappa shape index (κ2) is 8.99. The summed E-state index contributed by atoms with van der Waals surface area (Å²) in [5.41, 5.74) is 1.02.